The van der Waals surface area contributed by atoms with Gasteiger partial charge in [0.25, 0.3) is 0 Å². The van der Waals surface area contributed by atoms with Gasteiger partial charge in [0.05, 0.1) is 19.2 Å². The molecule has 0 saturated carbocycles. The van der Waals surface area contributed by atoms with Crippen LogP contribution in [-0.2, 0) is 6.54 Å². The van der Waals surface area contributed by atoms with Gasteiger partial charge in [0.1, 0.15) is 16.8 Å². The number of fused-ring (bicyclic) bond motifs is 1. The Kier molecular flexibility index (Phi) is 4.73. The average molecular weight is 380 g/mol. The van der Waals surface area contributed by atoms with Crippen LogP contribution < -0.4 is 4.74 Å². The Labute approximate surface area is 159 Å². The lowest BCUT2D eigenvalue weighted by molar-refractivity contribution is 0.416. The van der Waals surface area contributed by atoms with E-state index in [0.717, 1.165) is 32.0 Å². The van der Waals surface area contributed by atoms with Crippen molar-refractivity contribution in [1.29, 1.82) is 0 Å². The molecule has 26 heavy (non-hydrogen) atoms. The standard InChI is InChI=1S/C19H16N4OS2/c1-12-16-18(26-17(12)14-7-3-4-8-15(14)24-2)19(21-11-20-16)23-22-10-13-6-5-9-25-13/h3-9,11H,10H2,1-2H3. The fourth-order valence-corrected chi connectivity index (χ4v) is 4.59. The van der Waals surface area contributed by atoms with E-state index < -0.39 is 0 Å². The number of nitrogens with zero attached hydrogens (tertiary/aromatic N) is 4. The first-order valence-corrected chi connectivity index (χ1v) is 9.75. The largest absolute Gasteiger partial charge is 0.496 e. The maximum atomic E-state index is 5.52. The van der Waals surface area contributed by atoms with Crippen molar-refractivity contribution in [3.63, 3.8) is 0 Å². The number of thiophene rings is 2. The second kappa shape index (κ2) is 7.31. The van der Waals surface area contributed by atoms with Crippen LogP contribution in [0.5, 0.6) is 5.75 Å². The second-order valence-corrected chi connectivity index (χ2v) is 7.66. The minimum Gasteiger partial charge on any atom is -0.496 e. The molecule has 3 heterocycles. The van der Waals surface area contributed by atoms with Crippen LogP contribution in [0.25, 0.3) is 20.7 Å². The van der Waals surface area contributed by atoms with E-state index in [0.29, 0.717) is 12.4 Å². The van der Waals surface area contributed by atoms with Crippen molar-refractivity contribution >= 4 is 38.7 Å². The van der Waals surface area contributed by atoms with Gasteiger partial charge >= 0.3 is 0 Å². The van der Waals surface area contributed by atoms with Crippen LogP contribution in [0, 0.1) is 6.92 Å². The maximum absolute atomic E-state index is 5.52. The summed E-state index contributed by atoms with van der Waals surface area (Å²) < 4.78 is 6.46. The Balaban J connectivity index is 1.76. The molecule has 0 unspecified atom stereocenters. The predicted molar refractivity (Wildman–Crippen MR) is 107 cm³/mol. The van der Waals surface area contributed by atoms with Gasteiger partial charge in [-0.1, -0.05) is 18.2 Å². The van der Waals surface area contributed by atoms with Crippen molar-refractivity contribution in [2.24, 2.45) is 10.2 Å². The van der Waals surface area contributed by atoms with Crippen molar-refractivity contribution < 1.29 is 4.74 Å². The predicted octanol–water partition coefficient (Wildman–Crippen LogP) is 6.02. The maximum Gasteiger partial charge on any atom is 0.195 e. The van der Waals surface area contributed by atoms with Gasteiger partial charge in [-0.3, -0.25) is 0 Å². The first-order chi connectivity index (χ1) is 12.8. The van der Waals surface area contributed by atoms with Crippen molar-refractivity contribution in [2.75, 3.05) is 7.11 Å². The van der Waals surface area contributed by atoms with E-state index in [1.807, 2.05) is 35.7 Å². The number of hydrogen-bond acceptors (Lipinski definition) is 7. The lowest BCUT2D eigenvalue weighted by Gasteiger charge is -2.06. The zero-order chi connectivity index (χ0) is 17.9. The quantitative estimate of drug-likeness (QED) is 0.398. The minimum absolute atomic E-state index is 0.562. The van der Waals surface area contributed by atoms with E-state index in [1.165, 1.54) is 4.88 Å². The van der Waals surface area contributed by atoms with Crippen molar-refractivity contribution in [2.45, 2.75) is 13.5 Å². The summed E-state index contributed by atoms with van der Waals surface area (Å²) in [7, 11) is 1.69. The summed E-state index contributed by atoms with van der Waals surface area (Å²) in [6.45, 7) is 2.63. The molecule has 3 aromatic heterocycles. The molecule has 1 aromatic carbocycles. The van der Waals surface area contributed by atoms with E-state index in [-0.39, 0.29) is 0 Å². The number of hydrogen-bond donors (Lipinski definition) is 0. The number of azo groups is 1. The first kappa shape index (κ1) is 16.8. The molecule has 4 aromatic rings. The zero-order valence-electron chi connectivity index (χ0n) is 14.3. The van der Waals surface area contributed by atoms with Gasteiger partial charge in [-0.15, -0.1) is 27.8 Å². The monoisotopic (exact) mass is 380 g/mol. The molecule has 130 valence electrons. The molecule has 0 amide bonds. The fourth-order valence-electron chi connectivity index (χ4n) is 2.75. The Morgan fingerprint density at radius 1 is 1.12 bits per heavy atom. The summed E-state index contributed by atoms with van der Waals surface area (Å²) in [6.07, 6.45) is 1.55. The molecule has 0 bridgehead atoms. The van der Waals surface area contributed by atoms with Crippen LogP contribution in [0.1, 0.15) is 10.4 Å². The van der Waals surface area contributed by atoms with Gasteiger partial charge in [0.15, 0.2) is 5.82 Å². The van der Waals surface area contributed by atoms with Gasteiger partial charge in [0.2, 0.25) is 0 Å². The molecule has 0 fully saturated rings. The molecule has 0 saturated heterocycles. The number of aryl methyl sites for hydroxylation is 1. The molecule has 7 heteroatoms. The normalized spacial score (nSPS) is 11.5. The molecule has 0 N–H and O–H groups in total. The van der Waals surface area contributed by atoms with Crippen LogP contribution in [0.4, 0.5) is 5.82 Å². The third-order valence-corrected chi connectivity index (χ3v) is 6.18. The van der Waals surface area contributed by atoms with Crippen LogP contribution in [0.15, 0.2) is 58.3 Å². The Bertz CT molecular complexity index is 1070. The average Bonchev–Trinajstić information content (AvgIpc) is 3.30. The molecular weight excluding hydrogens is 364 g/mol. The van der Waals surface area contributed by atoms with Crippen molar-refractivity contribution in [3.05, 3.63) is 58.5 Å². The molecule has 0 atom stereocenters. The van der Waals surface area contributed by atoms with Gasteiger partial charge in [-0.05, 0) is 36.1 Å². The van der Waals surface area contributed by atoms with E-state index in [4.69, 9.17) is 4.74 Å². The SMILES string of the molecule is COc1ccccc1-c1sc2c(N=NCc3cccs3)ncnc2c1C. The third kappa shape index (κ3) is 3.11. The molecule has 0 aliphatic rings. The highest BCUT2D eigenvalue weighted by Gasteiger charge is 2.17. The van der Waals surface area contributed by atoms with Crippen LogP contribution >= 0.6 is 22.7 Å². The summed E-state index contributed by atoms with van der Waals surface area (Å²) >= 11 is 3.30. The molecule has 4 rings (SSSR count). The number of ether oxygens (including phenoxy) is 1. The van der Waals surface area contributed by atoms with Crippen molar-refractivity contribution in [1.82, 2.24) is 9.97 Å². The first-order valence-electron chi connectivity index (χ1n) is 8.05. The van der Waals surface area contributed by atoms with Gasteiger partial charge < -0.3 is 4.74 Å². The van der Waals surface area contributed by atoms with E-state index in [9.17, 15) is 0 Å². The van der Waals surface area contributed by atoms with E-state index in [1.54, 1.807) is 36.1 Å². The fraction of sp³-hybridized carbons (Fsp3) is 0.158. The number of para-hydroxylation sites is 1. The van der Waals surface area contributed by atoms with Gasteiger partial charge in [-0.2, -0.15) is 5.11 Å². The van der Waals surface area contributed by atoms with Crippen molar-refractivity contribution in [3.8, 4) is 16.2 Å². The number of aromatic nitrogens is 2. The zero-order valence-corrected chi connectivity index (χ0v) is 16.0. The molecule has 0 spiro atoms. The molecule has 0 radical (unpaired) electrons. The molecule has 5 nitrogen and oxygen atoms in total. The van der Waals surface area contributed by atoms with E-state index in [2.05, 4.69) is 33.2 Å². The van der Waals surface area contributed by atoms with Gasteiger partial charge in [-0.25, -0.2) is 9.97 Å². The summed E-state index contributed by atoms with van der Waals surface area (Å²) in [6, 6.07) is 12.1. The lowest BCUT2D eigenvalue weighted by atomic mass is 10.1. The molecular formula is C19H16N4OS2. The minimum atomic E-state index is 0.562. The smallest absolute Gasteiger partial charge is 0.195 e. The summed E-state index contributed by atoms with van der Waals surface area (Å²) in [4.78, 5) is 11.1. The Morgan fingerprint density at radius 3 is 2.81 bits per heavy atom. The Morgan fingerprint density at radius 2 is 2.00 bits per heavy atom. The lowest BCUT2D eigenvalue weighted by Crippen LogP contribution is -1.87. The summed E-state index contributed by atoms with van der Waals surface area (Å²) in [5.41, 5.74) is 3.07. The number of benzene rings is 1. The Hall–Kier alpha value is -2.64. The molecule has 0 aliphatic heterocycles. The molecule has 0 aliphatic carbocycles. The number of rotatable bonds is 5. The van der Waals surface area contributed by atoms with E-state index >= 15 is 0 Å². The third-order valence-electron chi connectivity index (χ3n) is 4.01. The topological polar surface area (TPSA) is 59.7 Å². The van der Waals surface area contributed by atoms with Crippen LogP contribution in [-0.4, -0.2) is 17.1 Å². The van der Waals surface area contributed by atoms with Crippen LogP contribution in [0.3, 0.4) is 0 Å². The van der Waals surface area contributed by atoms with Crippen LogP contribution in [0.2, 0.25) is 0 Å². The van der Waals surface area contributed by atoms with Gasteiger partial charge in [0, 0.05) is 15.3 Å². The highest BCUT2D eigenvalue weighted by molar-refractivity contribution is 7.23. The summed E-state index contributed by atoms with van der Waals surface area (Å²) in [5, 5.41) is 10.7. The summed E-state index contributed by atoms with van der Waals surface area (Å²) in [5.74, 6) is 1.46. The number of methoxy groups -OCH3 is 1. The highest BCUT2D eigenvalue weighted by Crippen LogP contribution is 2.43. The highest BCUT2D eigenvalue weighted by atomic mass is 32.1. The second-order valence-electron chi connectivity index (χ2n) is 5.61.